The number of aromatic nitrogens is 3. The van der Waals surface area contributed by atoms with Gasteiger partial charge in [0, 0.05) is 5.56 Å². The fourth-order valence-electron chi connectivity index (χ4n) is 2.86. The molecule has 2 N–H and O–H groups in total. The first-order valence-corrected chi connectivity index (χ1v) is 9.64. The zero-order valence-electron chi connectivity index (χ0n) is 17.7. The molecule has 0 unspecified atom stereocenters. The van der Waals surface area contributed by atoms with Gasteiger partial charge < -0.3 is 4.74 Å². The highest BCUT2D eigenvalue weighted by atomic mass is 16.5. The molecule has 0 aliphatic heterocycles. The second-order valence-electron chi connectivity index (χ2n) is 7.07. The summed E-state index contributed by atoms with van der Waals surface area (Å²) < 4.78 is 5.20. The molecular formula is C22H23N5O4. The molecule has 2 amide bonds. The van der Waals surface area contributed by atoms with Crippen molar-refractivity contribution in [3.05, 3.63) is 76.6 Å². The molecule has 0 spiro atoms. The Kier molecular flexibility index (Phi) is 6.44. The lowest BCUT2D eigenvalue weighted by Gasteiger charge is -2.13. The number of amides is 2. The van der Waals surface area contributed by atoms with Crippen LogP contribution in [0.3, 0.4) is 0 Å². The number of nitrogens with one attached hydrogen (secondary N) is 2. The van der Waals surface area contributed by atoms with E-state index in [0.29, 0.717) is 11.3 Å². The van der Waals surface area contributed by atoms with E-state index in [1.54, 1.807) is 37.3 Å². The first-order valence-electron chi connectivity index (χ1n) is 9.64. The molecule has 0 bridgehead atoms. The number of hydrogen-bond acceptors (Lipinski definition) is 6. The molecule has 2 aromatic carbocycles. The third kappa shape index (κ3) is 5.13. The summed E-state index contributed by atoms with van der Waals surface area (Å²) in [7, 11) is 0. The predicted molar refractivity (Wildman–Crippen MR) is 112 cm³/mol. The highest BCUT2D eigenvalue weighted by molar-refractivity contribution is 5.96. The van der Waals surface area contributed by atoms with Crippen LogP contribution in [0.25, 0.3) is 5.69 Å². The standard InChI is InChI=1S/C22H23N5O4/c1-13-10-11-18(14(2)12-13)27-25-15(3)19(26-27)22(30)31-16(4)20(28)23-24-21(29)17-8-6-5-7-9-17/h5-12,16H,1-4H3,(H,23,28)(H,24,29)/t16-/m1/s1. The zero-order valence-corrected chi connectivity index (χ0v) is 17.7. The van der Waals surface area contributed by atoms with Gasteiger partial charge in [0.2, 0.25) is 0 Å². The average molecular weight is 421 g/mol. The van der Waals surface area contributed by atoms with Crippen LogP contribution >= 0.6 is 0 Å². The van der Waals surface area contributed by atoms with Crippen LogP contribution in [-0.4, -0.2) is 38.9 Å². The summed E-state index contributed by atoms with van der Waals surface area (Å²) in [5.41, 5.74) is 8.07. The maximum Gasteiger partial charge on any atom is 0.361 e. The summed E-state index contributed by atoms with van der Waals surface area (Å²) in [6, 6.07) is 14.2. The maximum atomic E-state index is 12.5. The highest BCUT2D eigenvalue weighted by Crippen LogP contribution is 2.16. The quantitative estimate of drug-likeness (QED) is 0.482. The summed E-state index contributed by atoms with van der Waals surface area (Å²) in [5.74, 6) is -1.96. The van der Waals surface area contributed by atoms with Crippen LogP contribution in [0.5, 0.6) is 0 Å². The van der Waals surface area contributed by atoms with Crippen LogP contribution in [0.1, 0.15) is 44.6 Å². The number of hydrogen-bond donors (Lipinski definition) is 2. The molecule has 1 heterocycles. The summed E-state index contributed by atoms with van der Waals surface area (Å²) in [6.07, 6.45) is -1.16. The van der Waals surface area contributed by atoms with E-state index in [4.69, 9.17) is 4.74 Å². The fraction of sp³-hybridized carbons (Fsp3) is 0.227. The van der Waals surface area contributed by atoms with Crippen molar-refractivity contribution in [3.63, 3.8) is 0 Å². The molecule has 0 aliphatic rings. The third-order valence-corrected chi connectivity index (χ3v) is 4.53. The minimum atomic E-state index is -1.16. The van der Waals surface area contributed by atoms with Crippen molar-refractivity contribution in [2.45, 2.75) is 33.8 Å². The van der Waals surface area contributed by atoms with Gasteiger partial charge in [0.1, 0.15) is 0 Å². The summed E-state index contributed by atoms with van der Waals surface area (Å²) >= 11 is 0. The molecule has 160 valence electrons. The largest absolute Gasteiger partial charge is 0.448 e. The first-order chi connectivity index (χ1) is 14.8. The molecule has 3 rings (SSSR count). The molecule has 3 aromatic rings. The fourth-order valence-corrected chi connectivity index (χ4v) is 2.86. The number of nitrogens with zero attached hydrogens (tertiary/aromatic N) is 3. The van der Waals surface area contributed by atoms with Gasteiger partial charge in [-0.2, -0.15) is 9.90 Å². The smallest absolute Gasteiger partial charge is 0.361 e. The van der Waals surface area contributed by atoms with Gasteiger partial charge in [-0.05, 0) is 51.5 Å². The molecule has 1 aromatic heterocycles. The number of carbonyl (C=O) groups is 3. The maximum absolute atomic E-state index is 12.5. The summed E-state index contributed by atoms with van der Waals surface area (Å²) in [4.78, 5) is 38.1. The van der Waals surface area contributed by atoms with Gasteiger partial charge in [-0.25, -0.2) is 4.79 Å². The number of rotatable bonds is 5. The number of esters is 1. The minimum Gasteiger partial charge on any atom is -0.448 e. The monoisotopic (exact) mass is 421 g/mol. The lowest BCUT2D eigenvalue weighted by atomic mass is 10.1. The van der Waals surface area contributed by atoms with Crippen molar-refractivity contribution in [2.24, 2.45) is 0 Å². The van der Waals surface area contributed by atoms with Crippen molar-refractivity contribution >= 4 is 17.8 Å². The van der Waals surface area contributed by atoms with Crippen LogP contribution in [0.15, 0.2) is 48.5 Å². The van der Waals surface area contributed by atoms with E-state index in [1.165, 1.54) is 11.7 Å². The number of benzene rings is 2. The van der Waals surface area contributed by atoms with Gasteiger partial charge >= 0.3 is 5.97 Å². The Balaban J connectivity index is 1.62. The van der Waals surface area contributed by atoms with E-state index in [-0.39, 0.29) is 5.69 Å². The van der Waals surface area contributed by atoms with Crippen LogP contribution in [0, 0.1) is 20.8 Å². The van der Waals surface area contributed by atoms with E-state index in [0.717, 1.165) is 16.8 Å². The molecule has 0 radical (unpaired) electrons. The van der Waals surface area contributed by atoms with E-state index < -0.39 is 23.9 Å². The Morgan fingerprint density at radius 2 is 1.68 bits per heavy atom. The van der Waals surface area contributed by atoms with Gasteiger partial charge in [0.25, 0.3) is 11.8 Å². The van der Waals surface area contributed by atoms with Crippen molar-refractivity contribution < 1.29 is 19.1 Å². The number of ether oxygens (including phenoxy) is 1. The van der Waals surface area contributed by atoms with Crippen LogP contribution in [-0.2, 0) is 9.53 Å². The zero-order chi connectivity index (χ0) is 22.5. The highest BCUT2D eigenvalue weighted by Gasteiger charge is 2.24. The Hall–Kier alpha value is -4.01. The van der Waals surface area contributed by atoms with Gasteiger partial charge in [0.05, 0.1) is 11.4 Å². The molecule has 0 saturated carbocycles. The van der Waals surface area contributed by atoms with Crippen LogP contribution in [0.4, 0.5) is 0 Å². The van der Waals surface area contributed by atoms with Crippen molar-refractivity contribution in [1.82, 2.24) is 25.8 Å². The molecular weight excluding hydrogens is 398 g/mol. The topological polar surface area (TPSA) is 115 Å². The van der Waals surface area contributed by atoms with Gasteiger partial charge in [-0.3, -0.25) is 20.4 Å². The van der Waals surface area contributed by atoms with Gasteiger partial charge in [-0.15, -0.1) is 5.10 Å². The summed E-state index contributed by atoms with van der Waals surface area (Å²) in [5, 5.41) is 8.51. The van der Waals surface area contributed by atoms with E-state index in [1.807, 2.05) is 32.0 Å². The minimum absolute atomic E-state index is 0.00736. The van der Waals surface area contributed by atoms with Gasteiger partial charge in [0.15, 0.2) is 11.8 Å². The van der Waals surface area contributed by atoms with Crippen LogP contribution < -0.4 is 10.9 Å². The normalized spacial score (nSPS) is 11.5. The van der Waals surface area contributed by atoms with E-state index in [9.17, 15) is 14.4 Å². The molecule has 1 atom stereocenters. The Labute approximate surface area is 179 Å². The number of carbonyl (C=O) groups excluding carboxylic acids is 3. The first kappa shape index (κ1) is 21.7. The van der Waals surface area contributed by atoms with Gasteiger partial charge in [-0.1, -0.05) is 35.9 Å². The molecule has 9 heteroatoms. The Morgan fingerprint density at radius 3 is 2.35 bits per heavy atom. The lowest BCUT2D eigenvalue weighted by molar-refractivity contribution is -0.129. The Morgan fingerprint density at radius 1 is 0.968 bits per heavy atom. The van der Waals surface area contributed by atoms with Crippen LogP contribution in [0.2, 0.25) is 0 Å². The molecule has 31 heavy (non-hydrogen) atoms. The molecule has 0 saturated heterocycles. The molecule has 9 nitrogen and oxygen atoms in total. The SMILES string of the molecule is Cc1ccc(-n2nc(C)c(C(=O)O[C@H](C)C(=O)NNC(=O)c3ccccc3)n2)c(C)c1. The second-order valence-corrected chi connectivity index (χ2v) is 7.07. The number of aryl methyl sites for hydroxylation is 3. The number of hydrazine groups is 1. The van der Waals surface area contributed by atoms with E-state index >= 15 is 0 Å². The lowest BCUT2D eigenvalue weighted by Crippen LogP contribution is -2.46. The van der Waals surface area contributed by atoms with Crippen molar-refractivity contribution in [1.29, 1.82) is 0 Å². The Bertz CT molecular complexity index is 1120. The average Bonchev–Trinajstić information content (AvgIpc) is 3.13. The predicted octanol–water partition coefficient (Wildman–Crippen LogP) is 2.20. The van der Waals surface area contributed by atoms with Crippen molar-refractivity contribution in [2.75, 3.05) is 0 Å². The third-order valence-electron chi connectivity index (χ3n) is 4.53. The molecule has 0 fully saturated rings. The second kappa shape index (κ2) is 9.21. The van der Waals surface area contributed by atoms with Crippen molar-refractivity contribution in [3.8, 4) is 5.69 Å². The summed E-state index contributed by atoms with van der Waals surface area (Å²) in [6.45, 7) is 6.94. The molecule has 0 aliphatic carbocycles. The van der Waals surface area contributed by atoms with E-state index in [2.05, 4.69) is 21.0 Å².